The molecule has 1 unspecified atom stereocenters. The van der Waals surface area contributed by atoms with Crippen LogP contribution in [0.3, 0.4) is 0 Å². The maximum atomic E-state index is 12.9. The van der Waals surface area contributed by atoms with Gasteiger partial charge in [-0.3, -0.25) is 4.79 Å². The van der Waals surface area contributed by atoms with Gasteiger partial charge in [-0.25, -0.2) is 0 Å². The predicted octanol–water partition coefficient (Wildman–Crippen LogP) is 3.48. The molecule has 144 valence electrons. The molecule has 1 atom stereocenters. The molecule has 0 spiro atoms. The van der Waals surface area contributed by atoms with E-state index in [4.69, 9.17) is 9.47 Å². The Bertz CT molecular complexity index is 777. The van der Waals surface area contributed by atoms with Crippen LogP contribution in [-0.4, -0.2) is 53.1 Å². The quantitative estimate of drug-likeness (QED) is 0.698. The number of likely N-dealkylation sites (tertiary alicyclic amines) is 1. The Morgan fingerprint density at radius 2 is 1.96 bits per heavy atom. The van der Waals surface area contributed by atoms with Crippen LogP contribution in [0.25, 0.3) is 0 Å². The van der Waals surface area contributed by atoms with Gasteiger partial charge >= 0.3 is 0 Å². The number of hydrogen-bond donors (Lipinski definition) is 0. The number of nitrogens with zero attached hydrogens (tertiary/aromatic N) is 3. The average molecular weight is 395 g/mol. The zero-order valence-corrected chi connectivity index (χ0v) is 15.5. The molecule has 1 amide bonds. The fourth-order valence-corrected chi connectivity index (χ4v) is 3.51. The van der Waals surface area contributed by atoms with Crippen molar-refractivity contribution in [2.45, 2.75) is 29.6 Å². The number of methoxy groups -OCH3 is 1. The Morgan fingerprint density at radius 3 is 2.67 bits per heavy atom. The van der Waals surface area contributed by atoms with Crippen molar-refractivity contribution in [3.63, 3.8) is 0 Å². The summed E-state index contributed by atoms with van der Waals surface area (Å²) in [5.74, 6) is -2.11. The zero-order valence-electron chi connectivity index (χ0n) is 14.7. The van der Waals surface area contributed by atoms with Crippen molar-refractivity contribution in [3.05, 3.63) is 42.0 Å². The number of carbonyl (C=O) groups excluding carboxylic acids is 1. The van der Waals surface area contributed by atoms with E-state index in [1.807, 2.05) is 0 Å². The van der Waals surface area contributed by atoms with Gasteiger partial charge in [0.15, 0.2) is 0 Å². The molecule has 1 aliphatic heterocycles. The van der Waals surface area contributed by atoms with Crippen LogP contribution < -0.4 is 9.47 Å². The van der Waals surface area contributed by atoms with Crippen LogP contribution >= 0.6 is 11.8 Å². The summed E-state index contributed by atoms with van der Waals surface area (Å²) in [5, 5.41) is 7.78. The van der Waals surface area contributed by atoms with E-state index in [1.54, 1.807) is 35.2 Å². The second-order valence-corrected chi connectivity index (χ2v) is 6.95. The molecular weight excluding hydrogens is 376 g/mol. The number of thioether (sulfide) groups is 1. The number of ether oxygens (including phenoxy) is 2. The van der Waals surface area contributed by atoms with E-state index in [1.165, 1.54) is 13.2 Å². The van der Waals surface area contributed by atoms with Crippen LogP contribution in [0.5, 0.6) is 11.8 Å². The van der Waals surface area contributed by atoms with Gasteiger partial charge in [0.2, 0.25) is 11.8 Å². The molecule has 1 aliphatic rings. The Kier molecular flexibility index (Phi) is 6.44. The van der Waals surface area contributed by atoms with Crippen LogP contribution in [0.15, 0.2) is 41.3 Å². The molecule has 27 heavy (non-hydrogen) atoms. The van der Waals surface area contributed by atoms with Gasteiger partial charge in [0.05, 0.1) is 19.2 Å². The van der Waals surface area contributed by atoms with E-state index < -0.39 is 5.76 Å². The number of halogens is 2. The monoisotopic (exact) mass is 395 g/mol. The van der Waals surface area contributed by atoms with Crippen LogP contribution in [0.1, 0.15) is 23.2 Å². The first-order valence-corrected chi connectivity index (χ1v) is 9.32. The number of benzene rings is 1. The van der Waals surface area contributed by atoms with E-state index in [9.17, 15) is 13.6 Å². The van der Waals surface area contributed by atoms with Gasteiger partial charge in [-0.05, 0) is 25.0 Å². The first-order chi connectivity index (χ1) is 13.1. The molecular formula is C18H19F2N3O3S. The third-order valence-corrected chi connectivity index (χ3v) is 4.90. The molecule has 9 heteroatoms. The lowest BCUT2D eigenvalue weighted by Gasteiger charge is -2.33. The van der Waals surface area contributed by atoms with Crippen molar-refractivity contribution in [2.75, 3.05) is 20.2 Å². The predicted molar refractivity (Wildman–Crippen MR) is 96.4 cm³/mol. The first kappa shape index (κ1) is 19.3. The Morgan fingerprint density at radius 1 is 1.22 bits per heavy atom. The van der Waals surface area contributed by atoms with Crippen molar-refractivity contribution < 1.29 is 23.0 Å². The largest absolute Gasteiger partial charge is 0.480 e. The van der Waals surface area contributed by atoms with Gasteiger partial charge in [0.25, 0.3) is 11.7 Å². The molecule has 3 rings (SSSR count). The lowest BCUT2D eigenvalue weighted by atomic mass is 10.1. The maximum absolute atomic E-state index is 12.9. The molecule has 0 N–H and O–H groups in total. The van der Waals surface area contributed by atoms with E-state index in [0.717, 1.165) is 12.8 Å². The summed E-state index contributed by atoms with van der Waals surface area (Å²) in [6.45, 7) is 0.918. The molecule has 1 aromatic carbocycles. The second-order valence-electron chi connectivity index (χ2n) is 5.92. The minimum absolute atomic E-state index is 0.236. The fraction of sp³-hybridized carbons (Fsp3) is 0.389. The third kappa shape index (κ3) is 5.06. The van der Waals surface area contributed by atoms with Crippen molar-refractivity contribution in [2.24, 2.45) is 0 Å². The molecule has 0 saturated carbocycles. The molecule has 1 aromatic heterocycles. The lowest BCUT2D eigenvalue weighted by Crippen LogP contribution is -2.44. The highest BCUT2D eigenvalue weighted by Crippen LogP contribution is 2.30. The summed E-state index contributed by atoms with van der Waals surface area (Å²) in [6.07, 6.45) is 1.29. The minimum atomic E-state index is -2.58. The van der Waals surface area contributed by atoms with Crippen LogP contribution in [0.4, 0.5) is 8.78 Å². The molecule has 0 radical (unpaired) electrons. The Hall–Kier alpha value is -2.42. The highest BCUT2D eigenvalue weighted by Gasteiger charge is 2.27. The minimum Gasteiger partial charge on any atom is -0.480 e. The maximum Gasteiger partial charge on any atom is 0.288 e. The number of carbonyl (C=O) groups is 1. The normalized spacial score (nSPS) is 17.0. The summed E-state index contributed by atoms with van der Waals surface area (Å²) in [4.78, 5) is 14.8. The van der Waals surface area contributed by atoms with Gasteiger partial charge in [0, 0.05) is 23.6 Å². The molecule has 6 nitrogen and oxygen atoms in total. The average Bonchev–Trinajstić information content (AvgIpc) is 2.68. The highest BCUT2D eigenvalue weighted by atomic mass is 32.2. The molecule has 0 aliphatic carbocycles. The number of aromatic nitrogens is 2. The molecule has 2 aromatic rings. The topological polar surface area (TPSA) is 64.6 Å². The molecule has 1 fully saturated rings. The van der Waals surface area contributed by atoms with Gasteiger partial charge in [0.1, 0.15) is 6.10 Å². The van der Waals surface area contributed by atoms with Crippen molar-refractivity contribution in [1.29, 1.82) is 0 Å². The Labute approximate surface area is 159 Å². The van der Waals surface area contributed by atoms with E-state index in [-0.39, 0.29) is 22.5 Å². The number of piperidine rings is 1. The fourth-order valence-electron chi connectivity index (χ4n) is 2.88. The number of alkyl halides is 2. The van der Waals surface area contributed by atoms with E-state index in [2.05, 4.69) is 10.2 Å². The van der Waals surface area contributed by atoms with Crippen LogP contribution in [0, 0.1) is 0 Å². The van der Waals surface area contributed by atoms with Crippen molar-refractivity contribution in [3.8, 4) is 11.8 Å². The highest BCUT2D eigenvalue weighted by molar-refractivity contribution is 7.99. The number of rotatable bonds is 6. The summed E-state index contributed by atoms with van der Waals surface area (Å²) >= 11 is 0.382. The smallest absolute Gasteiger partial charge is 0.288 e. The second kappa shape index (κ2) is 8.98. The molecule has 0 bridgehead atoms. The Balaban J connectivity index is 1.67. The standard InChI is InChI=1S/C18H19F2N3O3S/c1-25-15-8-9-16(22-21-15)26-12-5-4-10-23(11-12)17(24)13-6-2-3-7-14(13)27-18(19)20/h2-3,6-9,12,18H,4-5,10-11H2,1H3. The summed E-state index contributed by atoms with van der Waals surface area (Å²) in [7, 11) is 1.50. The molecule has 2 heterocycles. The number of hydrogen-bond acceptors (Lipinski definition) is 6. The number of amides is 1. The van der Waals surface area contributed by atoms with Gasteiger partial charge in [-0.1, -0.05) is 23.9 Å². The van der Waals surface area contributed by atoms with E-state index >= 15 is 0 Å². The summed E-state index contributed by atoms with van der Waals surface area (Å²) in [5.41, 5.74) is 0.285. The SMILES string of the molecule is COc1ccc(OC2CCCN(C(=O)c3ccccc3SC(F)F)C2)nn1. The third-order valence-electron chi connectivity index (χ3n) is 4.11. The van der Waals surface area contributed by atoms with Crippen molar-refractivity contribution >= 4 is 17.7 Å². The molecule has 1 saturated heterocycles. The van der Waals surface area contributed by atoms with Crippen LogP contribution in [0.2, 0.25) is 0 Å². The van der Waals surface area contributed by atoms with Gasteiger partial charge < -0.3 is 14.4 Å². The first-order valence-electron chi connectivity index (χ1n) is 8.44. The lowest BCUT2D eigenvalue weighted by molar-refractivity contribution is 0.0522. The zero-order chi connectivity index (χ0) is 19.2. The van der Waals surface area contributed by atoms with Crippen molar-refractivity contribution in [1.82, 2.24) is 15.1 Å². The van der Waals surface area contributed by atoms with Gasteiger partial charge in [-0.15, -0.1) is 10.2 Å². The van der Waals surface area contributed by atoms with Gasteiger partial charge in [-0.2, -0.15) is 8.78 Å². The summed E-state index contributed by atoms with van der Waals surface area (Å²) < 4.78 is 36.3. The van der Waals surface area contributed by atoms with Crippen LogP contribution in [-0.2, 0) is 0 Å². The summed E-state index contributed by atoms with van der Waals surface area (Å²) in [6, 6.07) is 9.73. The van der Waals surface area contributed by atoms with E-state index in [0.29, 0.717) is 36.6 Å².